The van der Waals surface area contributed by atoms with Gasteiger partial charge >= 0.3 is 0 Å². The third-order valence-corrected chi connectivity index (χ3v) is 1.90. The number of anilines is 1. The van der Waals surface area contributed by atoms with E-state index in [1.165, 1.54) is 0 Å². The van der Waals surface area contributed by atoms with Gasteiger partial charge in [0.2, 0.25) is 0 Å². The van der Waals surface area contributed by atoms with E-state index in [1.807, 2.05) is 38.1 Å². The van der Waals surface area contributed by atoms with E-state index in [2.05, 4.69) is 17.9 Å². The van der Waals surface area contributed by atoms with Crippen LogP contribution in [0.4, 0.5) is 10.5 Å². The first-order chi connectivity index (χ1) is 7.08. The molecule has 0 bridgehead atoms. The number of nitrogens with one attached hydrogen (secondary N) is 1. The highest BCUT2D eigenvalue weighted by Gasteiger charge is 1.98. The summed E-state index contributed by atoms with van der Waals surface area (Å²) in [6, 6.07) is 7.49. The van der Waals surface area contributed by atoms with E-state index in [9.17, 15) is 4.79 Å². The highest BCUT2D eigenvalue weighted by molar-refractivity contribution is 7.96. The smallest absolute Gasteiger partial charge is 0.280 e. The fourth-order valence-electron chi connectivity index (χ4n) is 1.07. The minimum absolute atomic E-state index is 0.224. The zero-order chi connectivity index (χ0) is 11.3. The van der Waals surface area contributed by atoms with Gasteiger partial charge in [-0.1, -0.05) is 24.8 Å². The molecule has 0 unspecified atom stereocenters. The third kappa shape index (κ3) is 4.85. The molecule has 0 aliphatic carbocycles. The van der Waals surface area contributed by atoms with Crippen molar-refractivity contribution in [3.8, 4) is 0 Å². The van der Waals surface area contributed by atoms with E-state index in [4.69, 9.17) is 4.74 Å². The summed E-state index contributed by atoms with van der Waals surface area (Å²) in [5, 5.41) is 2.22. The molecule has 0 heterocycles. The molecule has 1 rings (SSSR count). The zero-order valence-corrected chi connectivity index (χ0v) is 9.75. The summed E-state index contributed by atoms with van der Waals surface area (Å²) in [6.45, 7) is 4.58. The Balaban J connectivity index is 2.52. The number of carbonyl (C=O) groups excluding carboxylic acids is 1. The van der Waals surface area contributed by atoms with Gasteiger partial charge in [0.05, 0.1) is 12.7 Å². The van der Waals surface area contributed by atoms with Crippen molar-refractivity contribution in [1.82, 2.24) is 0 Å². The number of hydrogen-bond donors (Lipinski definition) is 2. The molecule has 0 aliphatic heterocycles. The van der Waals surface area contributed by atoms with Crippen LogP contribution in [0, 0.1) is 0 Å². The largest absolute Gasteiger partial charge is 0.374 e. The van der Waals surface area contributed by atoms with Gasteiger partial charge in [-0.15, -0.1) is 0 Å². The number of benzene rings is 1. The topological polar surface area (TPSA) is 38.3 Å². The number of ether oxygens (including phenoxy) is 1. The molecule has 1 aromatic carbocycles. The number of amides is 1. The molecular weight excluding hydrogens is 210 g/mol. The van der Waals surface area contributed by atoms with Crippen LogP contribution in [0.3, 0.4) is 0 Å². The van der Waals surface area contributed by atoms with Gasteiger partial charge in [0.15, 0.2) is 0 Å². The highest BCUT2D eigenvalue weighted by atomic mass is 32.1. The maximum absolute atomic E-state index is 10.6. The molecule has 0 radical (unpaired) electrons. The first kappa shape index (κ1) is 12.1. The van der Waals surface area contributed by atoms with Crippen LogP contribution in [-0.4, -0.2) is 11.3 Å². The van der Waals surface area contributed by atoms with Gasteiger partial charge in [0, 0.05) is 5.69 Å². The predicted octanol–water partition coefficient (Wildman–Crippen LogP) is 3.07. The van der Waals surface area contributed by atoms with E-state index in [0.29, 0.717) is 6.61 Å². The van der Waals surface area contributed by atoms with Crippen LogP contribution in [0.2, 0.25) is 0 Å². The highest BCUT2D eigenvalue weighted by Crippen LogP contribution is 2.11. The van der Waals surface area contributed by atoms with Gasteiger partial charge in [0.25, 0.3) is 5.24 Å². The van der Waals surface area contributed by atoms with Gasteiger partial charge in [-0.3, -0.25) is 4.79 Å². The first-order valence-electron chi connectivity index (χ1n) is 4.78. The Bertz CT molecular complexity index is 322. The van der Waals surface area contributed by atoms with Crippen molar-refractivity contribution >= 4 is 23.6 Å². The first-order valence-corrected chi connectivity index (χ1v) is 5.23. The van der Waals surface area contributed by atoms with E-state index in [0.717, 1.165) is 11.3 Å². The molecule has 0 aromatic heterocycles. The Morgan fingerprint density at radius 3 is 2.47 bits per heavy atom. The quantitative estimate of drug-likeness (QED) is 0.773. The molecular formula is C11H15NO2S. The molecule has 1 amide bonds. The summed E-state index contributed by atoms with van der Waals surface area (Å²) < 4.78 is 5.45. The number of rotatable bonds is 4. The van der Waals surface area contributed by atoms with E-state index in [1.54, 1.807) is 0 Å². The summed E-state index contributed by atoms with van der Waals surface area (Å²) in [5.74, 6) is 0. The predicted molar refractivity (Wildman–Crippen MR) is 64.4 cm³/mol. The van der Waals surface area contributed by atoms with Gasteiger partial charge in [-0.2, -0.15) is 0 Å². The van der Waals surface area contributed by atoms with Crippen molar-refractivity contribution in [2.45, 2.75) is 26.6 Å². The van der Waals surface area contributed by atoms with Crippen LogP contribution >= 0.6 is 12.6 Å². The van der Waals surface area contributed by atoms with Gasteiger partial charge in [0.1, 0.15) is 0 Å². The molecule has 0 aliphatic rings. The van der Waals surface area contributed by atoms with Gasteiger partial charge in [-0.05, 0) is 31.5 Å². The van der Waals surface area contributed by atoms with E-state index < -0.39 is 0 Å². The Hall–Kier alpha value is -1.00. The van der Waals surface area contributed by atoms with E-state index >= 15 is 0 Å². The second-order valence-corrected chi connectivity index (χ2v) is 3.89. The van der Waals surface area contributed by atoms with Crippen molar-refractivity contribution in [3.63, 3.8) is 0 Å². The molecule has 1 aromatic rings. The van der Waals surface area contributed by atoms with Crippen LogP contribution in [-0.2, 0) is 11.3 Å². The normalized spacial score (nSPS) is 10.4. The lowest BCUT2D eigenvalue weighted by Crippen LogP contribution is -2.03. The molecule has 0 atom stereocenters. The Kier molecular flexibility index (Phi) is 4.65. The molecule has 15 heavy (non-hydrogen) atoms. The fraction of sp³-hybridized carbons (Fsp3) is 0.364. The summed E-state index contributed by atoms with van der Waals surface area (Å²) in [5.41, 5.74) is 1.82. The molecule has 82 valence electrons. The molecule has 0 spiro atoms. The lowest BCUT2D eigenvalue weighted by molar-refractivity contribution is 0.0657. The maximum Gasteiger partial charge on any atom is 0.280 e. The van der Waals surface area contributed by atoms with Gasteiger partial charge in [-0.25, -0.2) is 0 Å². The van der Waals surface area contributed by atoms with Gasteiger partial charge < -0.3 is 10.1 Å². The molecule has 3 nitrogen and oxygen atoms in total. The van der Waals surface area contributed by atoms with Crippen LogP contribution in [0.25, 0.3) is 0 Å². The molecule has 4 heteroatoms. The third-order valence-electron chi connectivity index (χ3n) is 1.79. The Labute approximate surface area is 95.2 Å². The summed E-state index contributed by atoms with van der Waals surface area (Å²) in [7, 11) is 0. The van der Waals surface area contributed by atoms with Crippen LogP contribution in [0.1, 0.15) is 19.4 Å². The Morgan fingerprint density at radius 1 is 1.40 bits per heavy atom. The van der Waals surface area contributed by atoms with E-state index in [-0.39, 0.29) is 11.3 Å². The summed E-state index contributed by atoms with van der Waals surface area (Å²) >= 11 is 3.63. The van der Waals surface area contributed by atoms with Crippen molar-refractivity contribution in [1.29, 1.82) is 0 Å². The monoisotopic (exact) mass is 225 g/mol. The second kappa shape index (κ2) is 5.78. The maximum atomic E-state index is 10.6. The lowest BCUT2D eigenvalue weighted by Gasteiger charge is -2.08. The fourth-order valence-corrected chi connectivity index (χ4v) is 1.20. The second-order valence-electron chi connectivity index (χ2n) is 3.49. The molecule has 1 N–H and O–H groups in total. The number of hydrogen-bond acceptors (Lipinski definition) is 2. The summed E-state index contributed by atoms with van der Waals surface area (Å²) in [6.07, 6.45) is 0.224. The minimum Gasteiger partial charge on any atom is -0.374 e. The van der Waals surface area contributed by atoms with Crippen molar-refractivity contribution in [2.75, 3.05) is 5.32 Å². The van der Waals surface area contributed by atoms with Crippen molar-refractivity contribution in [2.24, 2.45) is 0 Å². The average molecular weight is 225 g/mol. The number of thiol groups is 1. The number of carbonyl (C=O) groups is 1. The molecule has 0 saturated heterocycles. The average Bonchev–Trinajstić information content (AvgIpc) is 2.16. The standard InChI is InChI=1S/C11H15NO2S/c1-8(2)14-7-9-3-5-10(6-4-9)12-11(13)15/h3-6,8H,7H2,1-2H3,(H2,12,13,15). The zero-order valence-electron chi connectivity index (χ0n) is 8.86. The van der Waals surface area contributed by atoms with Crippen molar-refractivity contribution < 1.29 is 9.53 Å². The minimum atomic E-state index is -0.360. The van der Waals surface area contributed by atoms with Crippen LogP contribution < -0.4 is 5.32 Å². The molecule has 0 saturated carbocycles. The SMILES string of the molecule is CC(C)OCc1ccc(NC(=O)S)cc1. The van der Waals surface area contributed by atoms with Crippen LogP contribution in [0.5, 0.6) is 0 Å². The summed E-state index contributed by atoms with van der Waals surface area (Å²) in [4.78, 5) is 10.6. The van der Waals surface area contributed by atoms with Crippen LogP contribution in [0.15, 0.2) is 24.3 Å². The Morgan fingerprint density at radius 2 is 2.00 bits per heavy atom. The lowest BCUT2D eigenvalue weighted by atomic mass is 10.2. The van der Waals surface area contributed by atoms with Crippen molar-refractivity contribution in [3.05, 3.63) is 29.8 Å². The molecule has 0 fully saturated rings.